The first-order valence-electron chi connectivity index (χ1n) is 5.21. The fourth-order valence-electron chi connectivity index (χ4n) is 1.75. The highest BCUT2D eigenvalue weighted by Crippen LogP contribution is 2.15. The lowest BCUT2D eigenvalue weighted by Crippen LogP contribution is -2.43. The first-order chi connectivity index (χ1) is 7.13. The number of methoxy groups -OCH3 is 1. The number of nitrogens with one attached hydrogen (secondary N) is 2. The molecular weight excluding hydrogens is 196 g/mol. The molecular formula is C10H18N2O3. The number of carbonyl (C=O) groups is 2. The van der Waals surface area contributed by atoms with Crippen molar-refractivity contribution in [2.75, 3.05) is 20.2 Å². The fourth-order valence-corrected chi connectivity index (χ4v) is 1.75. The summed E-state index contributed by atoms with van der Waals surface area (Å²) in [6.45, 7) is 2.88. The number of esters is 1. The van der Waals surface area contributed by atoms with Crippen LogP contribution in [0.5, 0.6) is 0 Å². The molecule has 2 N–H and O–H groups in total. The maximum Gasteiger partial charge on any atom is 0.325 e. The highest BCUT2D eigenvalue weighted by atomic mass is 16.5. The van der Waals surface area contributed by atoms with Crippen LogP contribution >= 0.6 is 0 Å². The predicted molar refractivity (Wildman–Crippen MR) is 55.2 cm³/mol. The number of ether oxygens (including phenoxy) is 1. The lowest BCUT2D eigenvalue weighted by molar-refractivity contribution is -0.141. The van der Waals surface area contributed by atoms with Gasteiger partial charge in [-0.25, -0.2) is 0 Å². The summed E-state index contributed by atoms with van der Waals surface area (Å²) in [5.41, 5.74) is 0. The van der Waals surface area contributed by atoms with Crippen LogP contribution in [0.25, 0.3) is 0 Å². The van der Waals surface area contributed by atoms with Gasteiger partial charge in [-0.2, -0.15) is 0 Å². The summed E-state index contributed by atoms with van der Waals surface area (Å²) < 4.78 is 4.44. The Hall–Kier alpha value is -1.10. The third-order valence-electron chi connectivity index (χ3n) is 2.63. The maximum atomic E-state index is 11.6. The van der Waals surface area contributed by atoms with E-state index in [0.29, 0.717) is 6.04 Å². The molecule has 0 aromatic rings. The molecule has 1 fully saturated rings. The van der Waals surface area contributed by atoms with Crippen LogP contribution in [-0.4, -0.2) is 38.1 Å². The van der Waals surface area contributed by atoms with E-state index in [2.05, 4.69) is 22.3 Å². The molecule has 0 aromatic carbocycles. The molecule has 1 rings (SSSR count). The van der Waals surface area contributed by atoms with Gasteiger partial charge in [-0.05, 0) is 26.3 Å². The van der Waals surface area contributed by atoms with Crippen molar-refractivity contribution in [2.24, 2.45) is 5.92 Å². The lowest BCUT2D eigenvalue weighted by Gasteiger charge is -2.26. The molecule has 0 aromatic heterocycles. The van der Waals surface area contributed by atoms with Crippen molar-refractivity contribution in [3.05, 3.63) is 0 Å². The molecule has 5 nitrogen and oxygen atoms in total. The molecule has 0 spiro atoms. The third-order valence-corrected chi connectivity index (χ3v) is 2.63. The van der Waals surface area contributed by atoms with E-state index in [0.717, 1.165) is 19.4 Å². The summed E-state index contributed by atoms with van der Waals surface area (Å²) in [4.78, 5) is 22.4. The molecule has 0 saturated carbocycles. The average molecular weight is 214 g/mol. The molecule has 1 heterocycles. The van der Waals surface area contributed by atoms with Crippen molar-refractivity contribution in [3.63, 3.8) is 0 Å². The van der Waals surface area contributed by atoms with Crippen LogP contribution in [0.2, 0.25) is 0 Å². The molecule has 0 aliphatic carbocycles. The van der Waals surface area contributed by atoms with Gasteiger partial charge in [-0.1, -0.05) is 0 Å². The molecule has 0 bridgehead atoms. The molecule has 1 saturated heterocycles. The Morgan fingerprint density at radius 1 is 1.53 bits per heavy atom. The largest absolute Gasteiger partial charge is 0.468 e. The van der Waals surface area contributed by atoms with Gasteiger partial charge in [-0.3, -0.25) is 9.59 Å². The maximum absolute atomic E-state index is 11.6. The first kappa shape index (κ1) is 12.0. The molecule has 1 amide bonds. The molecule has 2 unspecified atom stereocenters. The summed E-state index contributed by atoms with van der Waals surface area (Å²) >= 11 is 0. The lowest BCUT2D eigenvalue weighted by atomic mass is 9.92. The number of piperidine rings is 1. The van der Waals surface area contributed by atoms with E-state index in [4.69, 9.17) is 0 Å². The minimum Gasteiger partial charge on any atom is -0.468 e. The minimum absolute atomic E-state index is 0.0194. The van der Waals surface area contributed by atoms with Crippen LogP contribution in [0.1, 0.15) is 19.8 Å². The topological polar surface area (TPSA) is 67.4 Å². The van der Waals surface area contributed by atoms with Crippen molar-refractivity contribution in [1.82, 2.24) is 10.6 Å². The Kier molecular flexibility index (Phi) is 4.55. The number of hydrogen-bond donors (Lipinski definition) is 2. The molecule has 2 atom stereocenters. The zero-order chi connectivity index (χ0) is 11.3. The molecule has 15 heavy (non-hydrogen) atoms. The van der Waals surface area contributed by atoms with Gasteiger partial charge in [0.05, 0.1) is 7.11 Å². The molecule has 86 valence electrons. The summed E-state index contributed by atoms with van der Waals surface area (Å²) in [5, 5.41) is 5.85. The van der Waals surface area contributed by atoms with Crippen LogP contribution < -0.4 is 10.6 Å². The number of amides is 1. The van der Waals surface area contributed by atoms with Crippen molar-refractivity contribution >= 4 is 11.9 Å². The molecule has 0 radical (unpaired) electrons. The average Bonchev–Trinajstić information content (AvgIpc) is 2.25. The Labute approximate surface area is 89.6 Å². The normalized spacial score (nSPS) is 25.7. The van der Waals surface area contributed by atoms with Crippen LogP contribution in [0, 0.1) is 5.92 Å². The van der Waals surface area contributed by atoms with Crippen LogP contribution in [0.4, 0.5) is 0 Å². The van der Waals surface area contributed by atoms with Gasteiger partial charge in [0.25, 0.3) is 0 Å². The fraction of sp³-hybridized carbons (Fsp3) is 0.800. The van der Waals surface area contributed by atoms with E-state index in [-0.39, 0.29) is 18.4 Å². The Morgan fingerprint density at radius 3 is 2.87 bits per heavy atom. The second-order valence-corrected chi connectivity index (χ2v) is 3.87. The quantitative estimate of drug-likeness (QED) is 0.631. The van der Waals surface area contributed by atoms with E-state index >= 15 is 0 Å². The number of hydrogen-bond acceptors (Lipinski definition) is 4. The number of carbonyl (C=O) groups excluding carboxylic acids is 2. The van der Waals surface area contributed by atoms with E-state index < -0.39 is 5.97 Å². The van der Waals surface area contributed by atoms with Gasteiger partial charge in [0, 0.05) is 12.0 Å². The minimum atomic E-state index is -0.412. The Balaban J connectivity index is 2.30. The van der Waals surface area contributed by atoms with Crippen molar-refractivity contribution < 1.29 is 14.3 Å². The Morgan fingerprint density at radius 2 is 2.27 bits per heavy atom. The van der Waals surface area contributed by atoms with Crippen molar-refractivity contribution in [1.29, 1.82) is 0 Å². The number of rotatable bonds is 3. The summed E-state index contributed by atoms with van der Waals surface area (Å²) in [5.74, 6) is -0.440. The molecule has 5 heteroatoms. The summed E-state index contributed by atoms with van der Waals surface area (Å²) in [7, 11) is 1.31. The smallest absolute Gasteiger partial charge is 0.325 e. The SMILES string of the molecule is COC(=O)CNC(=O)C1CCNC(C)C1. The third kappa shape index (κ3) is 3.87. The van der Waals surface area contributed by atoms with Crippen molar-refractivity contribution in [3.8, 4) is 0 Å². The highest BCUT2D eigenvalue weighted by molar-refractivity contribution is 5.83. The van der Waals surface area contributed by atoms with E-state index in [1.54, 1.807) is 0 Å². The van der Waals surface area contributed by atoms with E-state index in [9.17, 15) is 9.59 Å². The molecule has 1 aliphatic rings. The zero-order valence-corrected chi connectivity index (χ0v) is 9.21. The summed E-state index contributed by atoms with van der Waals surface area (Å²) in [6, 6.07) is 0.368. The van der Waals surface area contributed by atoms with Gasteiger partial charge in [-0.15, -0.1) is 0 Å². The standard InChI is InChI=1S/C10H18N2O3/c1-7-5-8(3-4-11-7)10(14)12-6-9(13)15-2/h7-8,11H,3-6H2,1-2H3,(H,12,14). The van der Waals surface area contributed by atoms with Gasteiger partial charge in [0.1, 0.15) is 6.54 Å². The van der Waals surface area contributed by atoms with Gasteiger partial charge >= 0.3 is 5.97 Å². The van der Waals surface area contributed by atoms with Crippen LogP contribution in [0.3, 0.4) is 0 Å². The first-order valence-corrected chi connectivity index (χ1v) is 5.21. The van der Waals surface area contributed by atoms with E-state index in [1.807, 2.05) is 0 Å². The highest BCUT2D eigenvalue weighted by Gasteiger charge is 2.24. The zero-order valence-electron chi connectivity index (χ0n) is 9.21. The van der Waals surface area contributed by atoms with Crippen LogP contribution in [-0.2, 0) is 14.3 Å². The summed E-state index contributed by atoms with van der Waals surface area (Å²) in [6.07, 6.45) is 1.66. The van der Waals surface area contributed by atoms with Gasteiger partial charge in [0.15, 0.2) is 0 Å². The second kappa shape index (κ2) is 5.70. The van der Waals surface area contributed by atoms with Crippen LogP contribution in [0.15, 0.2) is 0 Å². The molecule has 1 aliphatic heterocycles. The predicted octanol–water partition coefficient (Wildman–Crippen LogP) is -0.336. The Bertz CT molecular complexity index is 243. The van der Waals surface area contributed by atoms with Gasteiger partial charge < -0.3 is 15.4 Å². The van der Waals surface area contributed by atoms with Crippen molar-refractivity contribution in [2.45, 2.75) is 25.8 Å². The van der Waals surface area contributed by atoms with E-state index in [1.165, 1.54) is 7.11 Å². The van der Waals surface area contributed by atoms with Gasteiger partial charge in [0.2, 0.25) is 5.91 Å². The monoisotopic (exact) mass is 214 g/mol. The second-order valence-electron chi connectivity index (χ2n) is 3.87.